The largest absolute Gasteiger partial charge is 0.488 e. The molecular weight excluding hydrogens is 476 g/mol. The molecule has 1 aromatic carbocycles. The molecule has 2 saturated heterocycles. The first-order valence-corrected chi connectivity index (χ1v) is 13.2. The Kier molecular flexibility index (Phi) is 6.10. The molecule has 3 aromatic heterocycles. The maximum atomic E-state index is 13.8. The lowest BCUT2D eigenvalue weighted by molar-refractivity contribution is 0.0657. The van der Waals surface area contributed by atoms with Crippen LogP contribution in [0.5, 0.6) is 5.75 Å². The highest BCUT2D eigenvalue weighted by molar-refractivity contribution is 7.22. The van der Waals surface area contributed by atoms with Crippen LogP contribution >= 0.6 is 11.3 Å². The van der Waals surface area contributed by atoms with Gasteiger partial charge in [-0.15, -0.1) is 11.3 Å². The van der Waals surface area contributed by atoms with Crippen LogP contribution in [0.2, 0.25) is 0 Å². The number of amides is 1. The number of hydrogen-bond donors (Lipinski definition) is 0. The number of aromatic nitrogens is 2. The fourth-order valence-electron chi connectivity index (χ4n) is 5.09. The van der Waals surface area contributed by atoms with E-state index in [1.807, 2.05) is 47.4 Å². The topological polar surface area (TPSA) is 76.9 Å². The number of piperazine rings is 1. The number of hydrogen-bond acceptors (Lipinski definition) is 7. The van der Waals surface area contributed by atoms with E-state index in [9.17, 15) is 9.59 Å². The molecule has 9 heteroatoms. The van der Waals surface area contributed by atoms with Crippen molar-refractivity contribution in [2.45, 2.75) is 18.9 Å². The third-order valence-corrected chi connectivity index (χ3v) is 8.26. The normalized spacial score (nSPS) is 18.3. The van der Waals surface area contributed by atoms with E-state index in [1.165, 1.54) is 11.3 Å². The minimum absolute atomic E-state index is 0.0193. The average molecular weight is 505 g/mol. The zero-order chi connectivity index (χ0) is 24.6. The van der Waals surface area contributed by atoms with Gasteiger partial charge in [0.15, 0.2) is 5.75 Å². The average Bonchev–Trinajstić information content (AvgIpc) is 3.59. The second-order valence-electron chi connectivity index (χ2n) is 9.26. The van der Waals surface area contributed by atoms with Gasteiger partial charge < -0.3 is 23.8 Å². The van der Waals surface area contributed by atoms with Crippen LogP contribution in [0.4, 0.5) is 5.82 Å². The van der Waals surface area contributed by atoms with Crippen molar-refractivity contribution in [1.82, 2.24) is 14.5 Å². The third-order valence-electron chi connectivity index (χ3n) is 7.06. The van der Waals surface area contributed by atoms with Crippen molar-refractivity contribution in [3.8, 4) is 5.75 Å². The Morgan fingerprint density at radius 3 is 2.69 bits per heavy atom. The Balaban J connectivity index is 1.37. The van der Waals surface area contributed by atoms with Gasteiger partial charge in [-0.05, 0) is 31.0 Å². The minimum atomic E-state index is -0.152. The predicted molar refractivity (Wildman–Crippen MR) is 141 cm³/mol. The van der Waals surface area contributed by atoms with Crippen LogP contribution in [0.15, 0.2) is 53.5 Å². The van der Waals surface area contributed by atoms with E-state index in [1.54, 1.807) is 17.8 Å². The number of pyridine rings is 2. The van der Waals surface area contributed by atoms with E-state index < -0.39 is 0 Å². The highest BCUT2D eigenvalue weighted by Gasteiger charge is 2.31. The van der Waals surface area contributed by atoms with Gasteiger partial charge >= 0.3 is 0 Å². The number of carbonyl (C=O) groups is 1. The van der Waals surface area contributed by atoms with Crippen LogP contribution in [0.25, 0.3) is 21.0 Å². The Morgan fingerprint density at radius 2 is 1.94 bits per heavy atom. The van der Waals surface area contributed by atoms with Gasteiger partial charge in [0.1, 0.15) is 22.7 Å². The number of nitrogens with zero attached hydrogens (tertiary/aromatic N) is 4. The second kappa shape index (κ2) is 9.55. The molecule has 5 heterocycles. The van der Waals surface area contributed by atoms with Gasteiger partial charge in [-0.3, -0.25) is 9.59 Å². The molecule has 1 atom stereocenters. The molecule has 0 bridgehead atoms. The summed E-state index contributed by atoms with van der Waals surface area (Å²) in [5.74, 6) is 1.22. The molecule has 0 N–H and O–H groups in total. The van der Waals surface area contributed by atoms with Crippen molar-refractivity contribution >= 4 is 44.1 Å². The van der Waals surface area contributed by atoms with Crippen molar-refractivity contribution in [2.24, 2.45) is 7.05 Å². The number of ether oxygens (including phenoxy) is 2. The van der Waals surface area contributed by atoms with Crippen molar-refractivity contribution in [1.29, 1.82) is 0 Å². The smallest absolute Gasteiger partial charge is 0.267 e. The fourth-order valence-corrected chi connectivity index (χ4v) is 6.33. The van der Waals surface area contributed by atoms with Crippen LogP contribution in [0.3, 0.4) is 0 Å². The molecule has 2 aliphatic heterocycles. The minimum Gasteiger partial charge on any atom is -0.488 e. The lowest BCUT2D eigenvalue weighted by atomic mass is 10.1. The molecule has 2 aliphatic rings. The van der Waals surface area contributed by atoms with Gasteiger partial charge in [0, 0.05) is 51.4 Å². The van der Waals surface area contributed by atoms with Gasteiger partial charge in [0.05, 0.1) is 16.3 Å². The standard InChI is InChI=1S/C27H28N4O4S/c1-29-20-9-3-2-8-19(20)24-22(26(29)32)23(35-17-18-7-6-16-34-18)25(36-24)27(33)31-14-12-30(13-15-31)21-10-4-5-11-28-21/h2-5,8-11,18H,6-7,12-17H2,1H3. The SMILES string of the molecule is Cn1c(=O)c2c(OCC3CCCO3)c(C(=O)N3CCN(c4ccccn4)CC3)sc2c2ccccc21. The maximum absolute atomic E-state index is 13.8. The van der Waals surface area contributed by atoms with Gasteiger partial charge in [0.2, 0.25) is 0 Å². The van der Waals surface area contributed by atoms with Gasteiger partial charge in [-0.2, -0.15) is 0 Å². The van der Waals surface area contributed by atoms with Crippen LogP contribution in [-0.2, 0) is 11.8 Å². The predicted octanol–water partition coefficient (Wildman–Crippen LogP) is 3.67. The van der Waals surface area contributed by atoms with E-state index in [0.29, 0.717) is 48.8 Å². The summed E-state index contributed by atoms with van der Waals surface area (Å²) in [7, 11) is 1.77. The summed E-state index contributed by atoms with van der Waals surface area (Å²) in [6, 6.07) is 13.7. The number of fused-ring (bicyclic) bond motifs is 3. The van der Waals surface area contributed by atoms with E-state index in [-0.39, 0.29) is 17.6 Å². The molecule has 1 unspecified atom stereocenters. The number of thiophene rings is 1. The fraction of sp³-hybridized carbons (Fsp3) is 0.370. The molecule has 8 nitrogen and oxygen atoms in total. The summed E-state index contributed by atoms with van der Waals surface area (Å²) < 4.78 is 14.5. The van der Waals surface area contributed by atoms with Crippen molar-refractivity contribution in [2.75, 3.05) is 44.3 Å². The summed E-state index contributed by atoms with van der Waals surface area (Å²) in [5, 5.41) is 1.43. The molecule has 6 rings (SSSR count). The van der Waals surface area contributed by atoms with Crippen LogP contribution in [-0.4, -0.2) is 65.9 Å². The number of benzene rings is 1. The third kappa shape index (κ3) is 4.02. The molecule has 186 valence electrons. The number of anilines is 1. The van der Waals surface area contributed by atoms with Crippen molar-refractivity contribution in [3.05, 3.63) is 63.9 Å². The lowest BCUT2D eigenvalue weighted by Gasteiger charge is -2.35. The Morgan fingerprint density at radius 1 is 1.14 bits per heavy atom. The van der Waals surface area contributed by atoms with E-state index >= 15 is 0 Å². The van der Waals surface area contributed by atoms with E-state index in [2.05, 4.69) is 9.88 Å². The number of carbonyl (C=O) groups excluding carboxylic acids is 1. The Bertz CT molecular complexity index is 1470. The Labute approximate surface area is 212 Å². The first kappa shape index (κ1) is 23.0. The summed E-state index contributed by atoms with van der Waals surface area (Å²) in [6.45, 7) is 3.60. The van der Waals surface area contributed by atoms with Crippen LogP contribution in [0, 0.1) is 0 Å². The molecule has 0 saturated carbocycles. The van der Waals surface area contributed by atoms with Crippen LogP contribution in [0.1, 0.15) is 22.5 Å². The van der Waals surface area contributed by atoms with Gasteiger partial charge in [-0.25, -0.2) is 4.98 Å². The number of aryl methyl sites for hydroxylation is 1. The molecule has 0 aliphatic carbocycles. The van der Waals surface area contributed by atoms with Crippen molar-refractivity contribution in [3.63, 3.8) is 0 Å². The highest BCUT2D eigenvalue weighted by Crippen LogP contribution is 2.40. The van der Waals surface area contributed by atoms with Crippen molar-refractivity contribution < 1.29 is 14.3 Å². The summed E-state index contributed by atoms with van der Waals surface area (Å²) in [6.07, 6.45) is 3.68. The zero-order valence-corrected chi connectivity index (χ0v) is 21.0. The molecule has 2 fully saturated rings. The first-order chi connectivity index (χ1) is 17.6. The molecule has 0 spiro atoms. The lowest BCUT2D eigenvalue weighted by Crippen LogP contribution is -2.49. The molecule has 1 amide bonds. The molecule has 0 radical (unpaired) electrons. The second-order valence-corrected chi connectivity index (χ2v) is 10.3. The maximum Gasteiger partial charge on any atom is 0.267 e. The van der Waals surface area contributed by atoms with Gasteiger partial charge in [-0.1, -0.05) is 24.3 Å². The molecule has 4 aromatic rings. The molecular formula is C27H28N4O4S. The highest BCUT2D eigenvalue weighted by atomic mass is 32.1. The summed E-state index contributed by atoms with van der Waals surface area (Å²) >= 11 is 1.36. The summed E-state index contributed by atoms with van der Waals surface area (Å²) in [4.78, 5) is 36.3. The monoisotopic (exact) mass is 504 g/mol. The van der Waals surface area contributed by atoms with Gasteiger partial charge in [0.25, 0.3) is 11.5 Å². The number of para-hydroxylation sites is 1. The van der Waals surface area contributed by atoms with E-state index in [4.69, 9.17) is 9.47 Å². The molecule has 36 heavy (non-hydrogen) atoms. The van der Waals surface area contributed by atoms with Crippen LogP contribution < -0.4 is 15.2 Å². The zero-order valence-electron chi connectivity index (χ0n) is 20.2. The quantitative estimate of drug-likeness (QED) is 0.413. The number of rotatable bonds is 5. The van der Waals surface area contributed by atoms with E-state index in [0.717, 1.165) is 40.9 Å². The Hall–Kier alpha value is -3.43. The summed E-state index contributed by atoms with van der Waals surface area (Å²) in [5.41, 5.74) is 0.686. The first-order valence-electron chi connectivity index (χ1n) is 12.4.